The summed E-state index contributed by atoms with van der Waals surface area (Å²) < 4.78 is 0. The van der Waals surface area contributed by atoms with Gasteiger partial charge in [-0.1, -0.05) is 53.9 Å². The lowest BCUT2D eigenvalue weighted by Crippen LogP contribution is -2.40. The molecule has 1 N–H and O–H groups in total. The molecule has 0 aromatic carbocycles. The summed E-state index contributed by atoms with van der Waals surface area (Å²) in [5.74, 6) is 0. The minimum absolute atomic E-state index is 0.402. The van der Waals surface area contributed by atoms with Crippen LogP contribution in [0.15, 0.2) is 0 Å². The number of hydrogen-bond acceptors (Lipinski definition) is 1. The molecule has 14 heavy (non-hydrogen) atoms. The fourth-order valence-corrected chi connectivity index (χ4v) is 1.89. The van der Waals surface area contributed by atoms with Crippen molar-refractivity contribution in [3.63, 3.8) is 0 Å². The molecule has 0 saturated carbocycles. The summed E-state index contributed by atoms with van der Waals surface area (Å²) in [6.07, 6.45) is 6.66. The summed E-state index contributed by atoms with van der Waals surface area (Å²) in [6, 6.07) is 0.670. The number of unbranched alkanes of at least 4 members (excludes halogenated alkanes) is 3. The fraction of sp³-hybridized carbons (Fsp3) is 1.00. The van der Waals surface area contributed by atoms with Crippen LogP contribution in [0.25, 0.3) is 0 Å². The molecule has 1 heteroatoms. The van der Waals surface area contributed by atoms with E-state index >= 15 is 0 Å². The molecule has 0 radical (unpaired) electrons. The molecule has 0 saturated heterocycles. The molecule has 0 aliphatic carbocycles. The Morgan fingerprint density at radius 2 is 1.64 bits per heavy atom. The maximum absolute atomic E-state index is 3.67. The summed E-state index contributed by atoms with van der Waals surface area (Å²) in [4.78, 5) is 0. The largest absolute Gasteiger partial charge is 0.313 e. The highest BCUT2D eigenvalue weighted by Gasteiger charge is 2.21. The molecule has 0 aliphatic rings. The smallest absolute Gasteiger partial charge is 0.0113 e. The van der Waals surface area contributed by atoms with Crippen molar-refractivity contribution in [2.24, 2.45) is 5.41 Å². The molecule has 0 fully saturated rings. The second-order valence-electron chi connectivity index (χ2n) is 5.34. The van der Waals surface area contributed by atoms with E-state index in [4.69, 9.17) is 0 Å². The first kappa shape index (κ1) is 14.0. The average Bonchev–Trinajstić information content (AvgIpc) is 2.09. The van der Waals surface area contributed by atoms with Crippen LogP contribution in [0.1, 0.15) is 66.7 Å². The van der Waals surface area contributed by atoms with Gasteiger partial charge in [-0.2, -0.15) is 0 Å². The van der Waals surface area contributed by atoms with Crippen molar-refractivity contribution in [2.45, 2.75) is 72.8 Å². The Labute approximate surface area is 90.7 Å². The van der Waals surface area contributed by atoms with Gasteiger partial charge < -0.3 is 5.32 Å². The maximum atomic E-state index is 3.67. The first-order valence-electron chi connectivity index (χ1n) is 6.25. The molecule has 86 valence electrons. The van der Waals surface area contributed by atoms with Crippen LogP contribution in [0.5, 0.6) is 0 Å². The first-order valence-corrected chi connectivity index (χ1v) is 6.25. The van der Waals surface area contributed by atoms with Crippen molar-refractivity contribution in [1.29, 1.82) is 0 Å². The van der Waals surface area contributed by atoms with Crippen molar-refractivity contribution in [2.75, 3.05) is 6.54 Å². The highest BCUT2D eigenvalue weighted by Crippen LogP contribution is 2.21. The van der Waals surface area contributed by atoms with Crippen LogP contribution in [-0.2, 0) is 0 Å². The third-order valence-corrected chi connectivity index (χ3v) is 2.87. The van der Waals surface area contributed by atoms with Crippen LogP contribution in [0.3, 0.4) is 0 Å². The lowest BCUT2D eigenvalue weighted by atomic mass is 9.85. The summed E-state index contributed by atoms with van der Waals surface area (Å²) in [5, 5.41) is 3.67. The number of hydrogen-bond donors (Lipinski definition) is 1. The van der Waals surface area contributed by atoms with Gasteiger partial charge >= 0.3 is 0 Å². The zero-order chi connectivity index (χ0) is 11.0. The zero-order valence-corrected chi connectivity index (χ0v) is 10.8. The van der Waals surface area contributed by atoms with Gasteiger partial charge in [0.15, 0.2) is 0 Å². The molecule has 0 amide bonds. The Bertz CT molecular complexity index is 124. The molecule has 0 aliphatic heterocycles. The van der Waals surface area contributed by atoms with E-state index in [1.54, 1.807) is 0 Å². The van der Waals surface area contributed by atoms with Gasteiger partial charge in [-0.25, -0.2) is 0 Å². The van der Waals surface area contributed by atoms with Crippen LogP contribution in [0.2, 0.25) is 0 Å². The van der Waals surface area contributed by atoms with Crippen molar-refractivity contribution >= 4 is 0 Å². The number of nitrogens with one attached hydrogen (secondary N) is 1. The Balaban J connectivity index is 3.54. The van der Waals surface area contributed by atoms with E-state index < -0.39 is 0 Å². The molecule has 1 nitrogen and oxygen atoms in total. The number of rotatable bonds is 7. The lowest BCUT2D eigenvalue weighted by molar-refractivity contribution is 0.260. The van der Waals surface area contributed by atoms with E-state index in [0.717, 1.165) is 0 Å². The summed E-state index contributed by atoms with van der Waals surface area (Å²) in [7, 11) is 0. The van der Waals surface area contributed by atoms with Crippen molar-refractivity contribution in [3.05, 3.63) is 0 Å². The Morgan fingerprint density at radius 1 is 1.00 bits per heavy atom. The van der Waals surface area contributed by atoms with Crippen LogP contribution < -0.4 is 5.32 Å². The van der Waals surface area contributed by atoms with Gasteiger partial charge in [0.2, 0.25) is 0 Å². The Kier molecular flexibility index (Phi) is 7.26. The van der Waals surface area contributed by atoms with Gasteiger partial charge in [-0.15, -0.1) is 0 Å². The van der Waals surface area contributed by atoms with E-state index in [1.807, 2.05) is 0 Å². The molecule has 1 atom stereocenters. The third-order valence-electron chi connectivity index (χ3n) is 2.87. The average molecular weight is 199 g/mol. The highest BCUT2D eigenvalue weighted by molar-refractivity contribution is 4.78. The highest BCUT2D eigenvalue weighted by atomic mass is 14.9. The van der Waals surface area contributed by atoms with Gasteiger partial charge in [-0.3, -0.25) is 0 Å². The summed E-state index contributed by atoms with van der Waals surface area (Å²) in [6.45, 7) is 12.7. The van der Waals surface area contributed by atoms with Gasteiger partial charge in [0.05, 0.1) is 0 Å². The SMILES string of the molecule is CCCCCCNC(CC)C(C)(C)C. The maximum Gasteiger partial charge on any atom is 0.0113 e. The molecular weight excluding hydrogens is 170 g/mol. The quantitative estimate of drug-likeness (QED) is 0.612. The minimum Gasteiger partial charge on any atom is -0.313 e. The molecule has 0 aromatic rings. The molecule has 0 heterocycles. The van der Waals surface area contributed by atoms with Crippen molar-refractivity contribution in [3.8, 4) is 0 Å². The Morgan fingerprint density at radius 3 is 2.07 bits per heavy atom. The van der Waals surface area contributed by atoms with Crippen LogP contribution in [0.4, 0.5) is 0 Å². The molecule has 0 aromatic heterocycles. The van der Waals surface area contributed by atoms with Crippen LogP contribution in [-0.4, -0.2) is 12.6 Å². The molecule has 0 rings (SSSR count). The van der Waals surface area contributed by atoms with Crippen molar-refractivity contribution in [1.82, 2.24) is 5.32 Å². The predicted octanol–water partition coefficient (Wildman–Crippen LogP) is 3.98. The van der Waals surface area contributed by atoms with Crippen LogP contribution in [0, 0.1) is 5.41 Å². The monoisotopic (exact) mass is 199 g/mol. The van der Waals surface area contributed by atoms with E-state index in [-0.39, 0.29) is 0 Å². The topological polar surface area (TPSA) is 12.0 Å². The van der Waals surface area contributed by atoms with Gasteiger partial charge in [0.25, 0.3) is 0 Å². The van der Waals surface area contributed by atoms with E-state index in [9.17, 15) is 0 Å². The second kappa shape index (κ2) is 7.28. The normalized spacial score (nSPS) is 14.4. The molecular formula is C13H29N. The molecule has 0 bridgehead atoms. The van der Waals surface area contributed by atoms with E-state index in [2.05, 4.69) is 39.9 Å². The predicted molar refractivity (Wildman–Crippen MR) is 65.7 cm³/mol. The fourth-order valence-electron chi connectivity index (χ4n) is 1.89. The summed E-state index contributed by atoms with van der Waals surface area (Å²) >= 11 is 0. The molecule has 0 spiro atoms. The van der Waals surface area contributed by atoms with E-state index in [0.29, 0.717) is 11.5 Å². The second-order valence-corrected chi connectivity index (χ2v) is 5.34. The van der Waals surface area contributed by atoms with Gasteiger partial charge in [0, 0.05) is 6.04 Å². The minimum atomic E-state index is 0.402. The van der Waals surface area contributed by atoms with Gasteiger partial charge in [0.1, 0.15) is 0 Å². The third kappa shape index (κ3) is 6.42. The Hall–Kier alpha value is -0.0400. The van der Waals surface area contributed by atoms with Crippen molar-refractivity contribution < 1.29 is 0 Å². The van der Waals surface area contributed by atoms with Gasteiger partial charge in [-0.05, 0) is 24.8 Å². The standard InChI is InChI=1S/C13H29N/c1-6-8-9-10-11-14-12(7-2)13(3,4)5/h12,14H,6-11H2,1-5H3. The summed E-state index contributed by atoms with van der Waals surface area (Å²) in [5.41, 5.74) is 0.402. The van der Waals surface area contributed by atoms with Crippen LogP contribution >= 0.6 is 0 Å². The van der Waals surface area contributed by atoms with E-state index in [1.165, 1.54) is 38.6 Å². The zero-order valence-electron chi connectivity index (χ0n) is 10.8. The lowest BCUT2D eigenvalue weighted by Gasteiger charge is -2.30. The molecule has 1 unspecified atom stereocenters. The first-order chi connectivity index (χ1) is 6.52.